The van der Waals surface area contributed by atoms with E-state index in [-0.39, 0.29) is 11.9 Å². The Balaban J connectivity index is 1.09. The fourth-order valence-corrected chi connectivity index (χ4v) is 7.64. The number of rotatable bonds is 7. The van der Waals surface area contributed by atoms with Gasteiger partial charge in [0.25, 0.3) is 5.91 Å². The molecule has 2 aliphatic heterocycles. The van der Waals surface area contributed by atoms with Gasteiger partial charge in [-0.2, -0.15) is 9.67 Å². The number of thiophene rings is 1. The standard InChI is InChI=1S/C31H34N10OS2/c1-38(2)10-11-39-12-14-40(15-13-39)29(42)26-18-21-17-22(7-8-24(21)44-26)33-31-34-30(32)37-41(31)27-19-20-9-16-43-25-6-4-3-5-23(25)28(20)36-35-27/h3-8,17-19H,9-16H2,1-2H3,(H3,32,33,34,37). The van der Waals surface area contributed by atoms with Crippen molar-refractivity contribution in [3.8, 4) is 17.1 Å². The Labute approximate surface area is 264 Å². The van der Waals surface area contributed by atoms with Crippen LogP contribution in [-0.4, -0.2) is 105 Å². The largest absolute Gasteiger partial charge is 0.366 e. The lowest BCUT2D eigenvalue weighted by Gasteiger charge is -2.35. The predicted molar refractivity (Wildman–Crippen MR) is 177 cm³/mol. The monoisotopic (exact) mass is 626 g/mol. The molecule has 0 saturated carbocycles. The summed E-state index contributed by atoms with van der Waals surface area (Å²) in [5, 5.41) is 17.9. The van der Waals surface area contributed by atoms with Gasteiger partial charge in [0.05, 0.1) is 10.6 Å². The molecule has 226 valence electrons. The number of aromatic nitrogens is 5. The maximum Gasteiger partial charge on any atom is 0.264 e. The summed E-state index contributed by atoms with van der Waals surface area (Å²) in [7, 11) is 4.18. The number of piperazine rings is 1. The molecule has 0 bridgehead atoms. The molecular weight excluding hydrogens is 593 g/mol. The molecule has 2 aliphatic rings. The molecule has 0 atom stereocenters. The molecule has 13 heteroatoms. The van der Waals surface area contributed by atoms with Crippen molar-refractivity contribution in [2.45, 2.75) is 11.3 Å². The summed E-state index contributed by atoms with van der Waals surface area (Å²) in [5.41, 5.74) is 9.98. The third kappa shape index (κ3) is 5.87. The zero-order chi connectivity index (χ0) is 30.2. The summed E-state index contributed by atoms with van der Waals surface area (Å²) >= 11 is 3.36. The first kappa shape index (κ1) is 28.7. The molecule has 1 amide bonds. The molecule has 2 aromatic carbocycles. The molecule has 3 N–H and O–H groups in total. The van der Waals surface area contributed by atoms with Crippen LogP contribution in [0.5, 0.6) is 0 Å². The van der Waals surface area contributed by atoms with Crippen LogP contribution < -0.4 is 11.1 Å². The van der Waals surface area contributed by atoms with E-state index in [1.54, 1.807) is 4.68 Å². The number of hydrogen-bond donors (Lipinski definition) is 2. The summed E-state index contributed by atoms with van der Waals surface area (Å²) in [4.78, 5) is 26.4. The SMILES string of the molecule is CN(C)CCN1CCN(C(=O)c2cc3cc(Nc4nc(N)nn4-c4cc5c(nn4)-c4ccccc4SCC5)ccc3s2)CC1. The van der Waals surface area contributed by atoms with Crippen molar-refractivity contribution in [1.82, 2.24) is 39.7 Å². The maximum absolute atomic E-state index is 13.4. The van der Waals surface area contributed by atoms with Crippen LogP contribution in [-0.2, 0) is 6.42 Å². The van der Waals surface area contributed by atoms with Crippen molar-refractivity contribution in [3.63, 3.8) is 0 Å². The van der Waals surface area contributed by atoms with Crippen molar-refractivity contribution in [3.05, 3.63) is 65.0 Å². The number of fused-ring (bicyclic) bond motifs is 4. The molecule has 1 fully saturated rings. The van der Waals surface area contributed by atoms with E-state index in [0.717, 1.165) is 88.9 Å². The van der Waals surface area contributed by atoms with E-state index in [9.17, 15) is 4.79 Å². The lowest BCUT2D eigenvalue weighted by Crippen LogP contribution is -2.49. The highest BCUT2D eigenvalue weighted by atomic mass is 32.2. The first-order valence-corrected chi connectivity index (χ1v) is 16.5. The fourth-order valence-electron chi connectivity index (χ4n) is 5.59. The molecule has 0 radical (unpaired) electrons. The first-order valence-electron chi connectivity index (χ1n) is 14.7. The quantitative estimate of drug-likeness (QED) is 0.272. The number of thioether (sulfide) groups is 1. The molecule has 5 heterocycles. The number of nitrogens with one attached hydrogen (secondary N) is 1. The summed E-state index contributed by atoms with van der Waals surface area (Å²) < 4.78 is 2.65. The normalized spacial score (nSPS) is 15.3. The molecule has 0 spiro atoms. The first-order chi connectivity index (χ1) is 21.4. The molecule has 11 nitrogen and oxygen atoms in total. The minimum atomic E-state index is 0.100. The molecule has 3 aromatic heterocycles. The lowest BCUT2D eigenvalue weighted by molar-refractivity contribution is 0.0634. The van der Waals surface area contributed by atoms with Gasteiger partial charge in [-0.05, 0) is 67.9 Å². The third-order valence-electron chi connectivity index (χ3n) is 7.98. The zero-order valence-electron chi connectivity index (χ0n) is 24.7. The van der Waals surface area contributed by atoms with Gasteiger partial charge in [-0.1, -0.05) is 18.2 Å². The Morgan fingerprint density at radius 2 is 1.89 bits per heavy atom. The lowest BCUT2D eigenvalue weighted by atomic mass is 10.0. The number of carbonyl (C=O) groups is 1. The van der Waals surface area contributed by atoms with E-state index in [0.29, 0.717) is 11.8 Å². The smallest absolute Gasteiger partial charge is 0.264 e. The highest BCUT2D eigenvalue weighted by Crippen LogP contribution is 2.37. The average molecular weight is 627 g/mol. The number of anilines is 3. The van der Waals surface area contributed by atoms with E-state index in [1.165, 1.54) is 16.2 Å². The Bertz CT molecular complexity index is 1830. The number of nitrogens with two attached hydrogens (primary N) is 1. The Hall–Kier alpha value is -4.04. The Morgan fingerprint density at radius 3 is 2.73 bits per heavy atom. The minimum absolute atomic E-state index is 0.100. The number of benzene rings is 2. The van der Waals surface area contributed by atoms with Crippen LogP contribution in [0.15, 0.2) is 59.5 Å². The molecule has 0 aliphatic carbocycles. The van der Waals surface area contributed by atoms with Gasteiger partial charge in [-0.25, -0.2) is 0 Å². The second kappa shape index (κ2) is 12.2. The van der Waals surface area contributed by atoms with Crippen molar-refractivity contribution >= 4 is 56.7 Å². The van der Waals surface area contributed by atoms with Gasteiger partial charge in [0, 0.05) is 65.9 Å². The molecule has 44 heavy (non-hydrogen) atoms. The summed E-state index contributed by atoms with van der Waals surface area (Å²) in [6.45, 7) is 5.37. The van der Waals surface area contributed by atoms with Crippen molar-refractivity contribution in [1.29, 1.82) is 0 Å². The van der Waals surface area contributed by atoms with Crippen LogP contribution in [0.25, 0.3) is 27.2 Å². The van der Waals surface area contributed by atoms with Crippen LogP contribution >= 0.6 is 23.1 Å². The Kier molecular flexibility index (Phi) is 7.93. The highest BCUT2D eigenvalue weighted by Gasteiger charge is 2.24. The molecule has 0 unspecified atom stereocenters. The fraction of sp³-hybridized carbons (Fsp3) is 0.323. The molecule has 5 aromatic rings. The second-order valence-electron chi connectivity index (χ2n) is 11.3. The maximum atomic E-state index is 13.4. The predicted octanol–water partition coefficient (Wildman–Crippen LogP) is 4.23. The van der Waals surface area contributed by atoms with Crippen molar-refractivity contribution in [2.24, 2.45) is 0 Å². The van der Waals surface area contributed by atoms with E-state index in [2.05, 4.69) is 67.7 Å². The number of likely N-dealkylation sites (N-methyl/N-ethyl adjacent to an activating group) is 1. The van der Waals surface area contributed by atoms with Gasteiger partial charge in [-0.3, -0.25) is 9.69 Å². The molecule has 7 rings (SSSR count). The Morgan fingerprint density at radius 1 is 1.05 bits per heavy atom. The van der Waals surface area contributed by atoms with E-state index in [4.69, 9.17) is 5.73 Å². The number of nitrogens with zero attached hydrogens (tertiary/aromatic N) is 8. The summed E-state index contributed by atoms with van der Waals surface area (Å²) in [6, 6.07) is 18.3. The summed E-state index contributed by atoms with van der Waals surface area (Å²) in [6.07, 6.45) is 0.867. The third-order valence-corrected chi connectivity index (χ3v) is 10.2. The van der Waals surface area contributed by atoms with Gasteiger partial charge in [0.15, 0.2) is 5.82 Å². The van der Waals surface area contributed by atoms with Crippen LogP contribution in [0.4, 0.5) is 17.6 Å². The number of hydrogen-bond acceptors (Lipinski definition) is 11. The summed E-state index contributed by atoms with van der Waals surface area (Å²) in [5.74, 6) is 2.18. The van der Waals surface area contributed by atoms with Gasteiger partial charge in [-0.15, -0.1) is 38.4 Å². The van der Waals surface area contributed by atoms with E-state index in [1.807, 2.05) is 53.1 Å². The second-order valence-corrected chi connectivity index (χ2v) is 13.5. The van der Waals surface area contributed by atoms with Crippen LogP contribution in [0, 0.1) is 0 Å². The average Bonchev–Trinajstić information content (AvgIpc) is 3.57. The topological polar surface area (TPSA) is 121 Å². The molecular formula is C31H34N10OS2. The number of amides is 1. The van der Waals surface area contributed by atoms with Crippen LogP contribution in [0.2, 0.25) is 0 Å². The molecule has 1 saturated heterocycles. The van der Waals surface area contributed by atoms with E-state index >= 15 is 0 Å². The van der Waals surface area contributed by atoms with Crippen molar-refractivity contribution < 1.29 is 4.79 Å². The van der Waals surface area contributed by atoms with E-state index < -0.39 is 0 Å². The van der Waals surface area contributed by atoms with Gasteiger partial charge in [0.1, 0.15) is 0 Å². The number of carbonyl (C=O) groups excluding carboxylic acids is 1. The van der Waals surface area contributed by atoms with Gasteiger partial charge < -0.3 is 20.9 Å². The van der Waals surface area contributed by atoms with Crippen LogP contribution in [0.3, 0.4) is 0 Å². The number of aryl methyl sites for hydroxylation is 1. The van der Waals surface area contributed by atoms with Crippen LogP contribution in [0.1, 0.15) is 15.2 Å². The minimum Gasteiger partial charge on any atom is -0.366 e. The van der Waals surface area contributed by atoms with Gasteiger partial charge in [0.2, 0.25) is 11.9 Å². The number of nitrogen functional groups attached to an aromatic ring is 1. The van der Waals surface area contributed by atoms with Gasteiger partial charge >= 0.3 is 0 Å². The van der Waals surface area contributed by atoms with Crippen molar-refractivity contribution in [2.75, 3.05) is 70.2 Å². The highest BCUT2D eigenvalue weighted by molar-refractivity contribution is 7.99. The zero-order valence-corrected chi connectivity index (χ0v) is 26.4.